The van der Waals surface area contributed by atoms with Gasteiger partial charge in [0.2, 0.25) is 5.91 Å². The third kappa shape index (κ3) is 4.38. The van der Waals surface area contributed by atoms with Gasteiger partial charge in [0.25, 0.3) is 0 Å². The molecule has 0 bridgehead atoms. The van der Waals surface area contributed by atoms with Gasteiger partial charge in [-0.25, -0.2) is 9.97 Å². The van der Waals surface area contributed by atoms with Crippen LogP contribution < -0.4 is 9.80 Å². The summed E-state index contributed by atoms with van der Waals surface area (Å²) in [6.07, 6.45) is 1.59. The van der Waals surface area contributed by atoms with Crippen LogP contribution in [0.5, 0.6) is 0 Å². The number of hydrogen-bond acceptors (Lipinski definition) is 5. The second-order valence-electron chi connectivity index (χ2n) is 8.08. The van der Waals surface area contributed by atoms with Gasteiger partial charge in [0, 0.05) is 45.2 Å². The standard InChI is InChI=1S/C21H29N5O/c1-16-6-8-17(9-7-16)21(2,3)14-25(5)18-12-19(23-15-22-18)26-11-10-24(4)20(27)13-26/h6-9,12,15H,10-11,13-14H2,1-5H3. The van der Waals surface area contributed by atoms with Crippen molar-refractivity contribution in [2.24, 2.45) is 0 Å². The van der Waals surface area contributed by atoms with Crippen molar-refractivity contribution in [1.29, 1.82) is 0 Å². The minimum Gasteiger partial charge on any atom is -0.359 e. The number of carbonyl (C=O) groups is 1. The Morgan fingerprint density at radius 2 is 1.85 bits per heavy atom. The molecule has 0 radical (unpaired) electrons. The van der Waals surface area contributed by atoms with E-state index < -0.39 is 0 Å². The number of nitrogens with zero attached hydrogens (tertiary/aromatic N) is 5. The van der Waals surface area contributed by atoms with Gasteiger partial charge in [0.1, 0.15) is 18.0 Å². The van der Waals surface area contributed by atoms with Gasteiger partial charge < -0.3 is 14.7 Å². The minimum absolute atomic E-state index is 0.0165. The van der Waals surface area contributed by atoms with Crippen LogP contribution in [0.2, 0.25) is 0 Å². The molecule has 1 aliphatic rings. The van der Waals surface area contributed by atoms with Gasteiger partial charge >= 0.3 is 0 Å². The van der Waals surface area contributed by atoms with E-state index in [0.717, 1.165) is 24.7 Å². The largest absolute Gasteiger partial charge is 0.359 e. The van der Waals surface area contributed by atoms with E-state index in [1.54, 1.807) is 11.2 Å². The number of likely N-dealkylation sites (N-methyl/N-ethyl adjacent to an activating group) is 2. The fraction of sp³-hybridized carbons (Fsp3) is 0.476. The van der Waals surface area contributed by atoms with Crippen LogP contribution in [0.4, 0.5) is 11.6 Å². The summed E-state index contributed by atoms with van der Waals surface area (Å²) in [5, 5.41) is 0. The monoisotopic (exact) mass is 367 g/mol. The molecule has 0 unspecified atom stereocenters. The van der Waals surface area contributed by atoms with Crippen molar-refractivity contribution < 1.29 is 4.79 Å². The number of anilines is 2. The Morgan fingerprint density at radius 3 is 2.52 bits per heavy atom. The van der Waals surface area contributed by atoms with Crippen LogP contribution in [-0.2, 0) is 10.2 Å². The molecule has 0 N–H and O–H groups in total. The second-order valence-corrected chi connectivity index (χ2v) is 8.08. The lowest BCUT2D eigenvalue weighted by atomic mass is 9.84. The Morgan fingerprint density at radius 1 is 1.15 bits per heavy atom. The predicted octanol–water partition coefficient (Wildman–Crippen LogP) is 2.48. The molecule has 0 aliphatic carbocycles. The molecule has 3 rings (SSSR count). The summed E-state index contributed by atoms with van der Waals surface area (Å²) in [6.45, 7) is 9.30. The highest BCUT2D eigenvalue weighted by molar-refractivity contribution is 5.82. The first-order valence-corrected chi connectivity index (χ1v) is 9.35. The maximum absolute atomic E-state index is 12.0. The van der Waals surface area contributed by atoms with E-state index in [1.807, 2.05) is 18.0 Å². The first kappa shape index (κ1) is 19.1. The van der Waals surface area contributed by atoms with Gasteiger partial charge in [-0.15, -0.1) is 0 Å². The first-order chi connectivity index (χ1) is 12.8. The number of rotatable bonds is 5. The minimum atomic E-state index is -0.0165. The van der Waals surface area contributed by atoms with Gasteiger partial charge in [-0.1, -0.05) is 43.7 Å². The van der Waals surface area contributed by atoms with E-state index in [-0.39, 0.29) is 11.3 Å². The highest BCUT2D eigenvalue weighted by atomic mass is 16.2. The summed E-state index contributed by atoms with van der Waals surface area (Å²) >= 11 is 0. The Balaban J connectivity index is 1.74. The number of amides is 1. The van der Waals surface area contributed by atoms with Gasteiger partial charge in [-0.2, -0.15) is 0 Å². The maximum atomic E-state index is 12.0. The molecule has 6 nitrogen and oxygen atoms in total. The molecule has 0 atom stereocenters. The molecule has 27 heavy (non-hydrogen) atoms. The van der Waals surface area contributed by atoms with Crippen molar-refractivity contribution in [2.45, 2.75) is 26.2 Å². The third-order valence-corrected chi connectivity index (χ3v) is 5.28. The molecule has 1 amide bonds. The van der Waals surface area contributed by atoms with Crippen LogP contribution in [0.3, 0.4) is 0 Å². The average molecular weight is 367 g/mol. The first-order valence-electron chi connectivity index (χ1n) is 9.35. The molecular weight excluding hydrogens is 338 g/mol. The topological polar surface area (TPSA) is 52.6 Å². The van der Waals surface area contributed by atoms with Crippen LogP contribution in [0.15, 0.2) is 36.7 Å². The molecule has 6 heteroatoms. The highest BCUT2D eigenvalue weighted by Gasteiger charge is 2.25. The quantitative estimate of drug-likeness (QED) is 0.813. The lowest BCUT2D eigenvalue weighted by molar-refractivity contribution is -0.129. The molecule has 1 aromatic carbocycles. The molecular formula is C21H29N5O. The number of piperazine rings is 1. The fourth-order valence-electron chi connectivity index (χ4n) is 3.44. The van der Waals surface area contributed by atoms with Gasteiger partial charge in [-0.3, -0.25) is 4.79 Å². The zero-order valence-electron chi connectivity index (χ0n) is 16.9. The molecule has 1 saturated heterocycles. The van der Waals surface area contributed by atoms with E-state index in [4.69, 9.17) is 0 Å². The molecule has 1 fully saturated rings. The van der Waals surface area contributed by atoms with Crippen LogP contribution in [0, 0.1) is 6.92 Å². The Bertz CT molecular complexity index is 802. The van der Waals surface area contributed by atoms with Crippen LogP contribution in [0.1, 0.15) is 25.0 Å². The summed E-state index contributed by atoms with van der Waals surface area (Å²) in [5.41, 5.74) is 2.56. The molecule has 2 heterocycles. The van der Waals surface area contributed by atoms with Crippen molar-refractivity contribution in [1.82, 2.24) is 14.9 Å². The van der Waals surface area contributed by atoms with Crippen LogP contribution in [-0.4, -0.2) is 61.0 Å². The zero-order valence-corrected chi connectivity index (χ0v) is 16.9. The summed E-state index contributed by atoms with van der Waals surface area (Å²) in [5.74, 6) is 1.79. The molecule has 0 spiro atoms. The summed E-state index contributed by atoms with van der Waals surface area (Å²) < 4.78 is 0. The fourth-order valence-corrected chi connectivity index (χ4v) is 3.44. The number of hydrogen-bond donors (Lipinski definition) is 0. The predicted molar refractivity (Wildman–Crippen MR) is 109 cm³/mol. The molecule has 144 valence electrons. The maximum Gasteiger partial charge on any atom is 0.241 e. The Kier molecular flexibility index (Phi) is 5.35. The van der Waals surface area contributed by atoms with Gasteiger partial charge in [-0.05, 0) is 12.5 Å². The lowest BCUT2D eigenvalue weighted by Gasteiger charge is -2.34. The average Bonchev–Trinajstić information content (AvgIpc) is 2.64. The summed E-state index contributed by atoms with van der Waals surface area (Å²) in [6, 6.07) is 10.7. The van der Waals surface area contributed by atoms with E-state index in [9.17, 15) is 4.79 Å². The van der Waals surface area contributed by atoms with Crippen molar-refractivity contribution >= 4 is 17.5 Å². The SMILES string of the molecule is Cc1ccc(C(C)(C)CN(C)c2cc(N3CCN(C)C(=O)C3)ncn2)cc1. The summed E-state index contributed by atoms with van der Waals surface area (Å²) in [4.78, 5) is 26.8. The second kappa shape index (κ2) is 7.55. The molecule has 0 saturated carbocycles. The molecule has 2 aromatic rings. The van der Waals surface area contributed by atoms with Crippen molar-refractivity contribution in [3.63, 3.8) is 0 Å². The third-order valence-electron chi connectivity index (χ3n) is 5.28. The Hall–Kier alpha value is -2.63. The van der Waals surface area contributed by atoms with Crippen molar-refractivity contribution in [2.75, 3.05) is 50.1 Å². The van der Waals surface area contributed by atoms with Gasteiger partial charge in [0.05, 0.1) is 6.54 Å². The van der Waals surface area contributed by atoms with E-state index in [1.165, 1.54) is 11.1 Å². The smallest absolute Gasteiger partial charge is 0.241 e. The zero-order chi connectivity index (χ0) is 19.6. The molecule has 1 aliphatic heterocycles. The highest BCUT2D eigenvalue weighted by Crippen LogP contribution is 2.27. The number of carbonyl (C=O) groups excluding carboxylic acids is 1. The van der Waals surface area contributed by atoms with E-state index in [0.29, 0.717) is 13.1 Å². The number of aromatic nitrogens is 2. The Labute approximate surface area is 161 Å². The van der Waals surface area contributed by atoms with E-state index >= 15 is 0 Å². The summed E-state index contributed by atoms with van der Waals surface area (Å²) in [7, 11) is 3.89. The van der Waals surface area contributed by atoms with E-state index in [2.05, 4.69) is 67.0 Å². The van der Waals surface area contributed by atoms with Crippen molar-refractivity contribution in [3.05, 3.63) is 47.8 Å². The normalized spacial score (nSPS) is 15.2. The molecule has 1 aromatic heterocycles. The number of aryl methyl sites for hydroxylation is 1. The van der Waals surface area contributed by atoms with Crippen molar-refractivity contribution in [3.8, 4) is 0 Å². The van der Waals surface area contributed by atoms with Crippen LogP contribution in [0.25, 0.3) is 0 Å². The van der Waals surface area contributed by atoms with Gasteiger partial charge in [0.15, 0.2) is 0 Å². The van der Waals surface area contributed by atoms with Crippen LogP contribution >= 0.6 is 0 Å². The number of benzene rings is 1. The lowest BCUT2D eigenvalue weighted by Crippen LogP contribution is -2.48.